The molecule has 1 amide bonds. The number of carbonyl (C=O) groups is 1. The Hall–Kier alpha value is -2.53. The number of thioether (sulfide) groups is 1. The summed E-state index contributed by atoms with van der Waals surface area (Å²) in [5.41, 5.74) is -0.891. The zero-order chi connectivity index (χ0) is 17.7. The van der Waals surface area contributed by atoms with Gasteiger partial charge in [-0.2, -0.15) is 18.4 Å². The Morgan fingerprint density at radius 3 is 2.58 bits per heavy atom. The second-order valence-corrected chi connectivity index (χ2v) is 5.77. The third-order valence-electron chi connectivity index (χ3n) is 2.93. The Morgan fingerprint density at radius 2 is 2.00 bits per heavy atom. The lowest BCUT2D eigenvalue weighted by Crippen LogP contribution is -2.15. The van der Waals surface area contributed by atoms with E-state index in [1.165, 1.54) is 13.0 Å². The zero-order valence-corrected chi connectivity index (χ0v) is 13.3. The van der Waals surface area contributed by atoms with Crippen LogP contribution in [0.4, 0.5) is 18.9 Å². The molecule has 24 heavy (non-hydrogen) atoms. The number of pyridine rings is 1. The third-order valence-corrected chi connectivity index (χ3v) is 3.90. The van der Waals surface area contributed by atoms with Gasteiger partial charge >= 0.3 is 6.18 Å². The number of para-hydroxylation sites is 1. The lowest BCUT2D eigenvalue weighted by Gasteiger charge is -2.12. The summed E-state index contributed by atoms with van der Waals surface area (Å²) in [6.45, 7) is 1.41. The van der Waals surface area contributed by atoms with E-state index in [0.29, 0.717) is 5.69 Å². The Labute approximate surface area is 140 Å². The monoisotopic (exact) mass is 351 g/mol. The van der Waals surface area contributed by atoms with Gasteiger partial charge < -0.3 is 5.32 Å². The van der Waals surface area contributed by atoms with Crippen LogP contribution in [0.5, 0.6) is 0 Å². The van der Waals surface area contributed by atoms with E-state index in [2.05, 4.69) is 10.3 Å². The normalized spacial score (nSPS) is 11.0. The first-order valence-electron chi connectivity index (χ1n) is 6.78. The van der Waals surface area contributed by atoms with Gasteiger partial charge in [-0.25, -0.2) is 4.98 Å². The van der Waals surface area contributed by atoms with Crippen molar-refractivity contribution in [3.63, 3.8) is 0 Å². The molecule has 0 saturated carbocycles. The number of nitrogens with zero attached hydrogens (tertiary/aromatic N) is 2. The number of anilines is 1. The van der Waals surface area contributed by atoms with Crippen LogP contribution in [0.25, 0.3) is 0 Å². The molecule has 0 aliphatic carbocycles. The van der Waals surface area contributed by atoms with Gasteiger partial charge in [0.1, 0.15) is 11.1 Å². The van der Waals surface area contributed by atoms with Crippen LogP contribution in [0, 0.1) is 18.3 Å². The van der Waals surface area contributed by atoms with Crippen LogP contribution in [-0.2, 0) is 11.0 Å². The van der Waals surface area contributed by atoms with Crippen LogP contribution in [0.2, 0.25) is 0 Å². The van der Waals surface area contributed by atoms with E-state index in [0.717, 1.165) is 17.8 Å². The maximum atomic E-state index is 13.0. The summed E-state index contributed by atoms with van der Waals surface area (Å²) in [6.07, 6.45) is -4.65. The van der Waals surface area contributed by atoms with Crippen molar-refractivity contribution < 1.29 is 18.0 Å². The van der Waals surface area contributed by atoms with Crippen molar-refractivity contribution in [3.05, 3.63) is 53.2 Å². The standard InChI is InChI=1S/C16H12F3N3OS/c1-10-7-13(16(17,18)19)12(8-20)15(21-10)24-9-14(23)22-11-5-3-2-4-6-11/h2-7H,9H2,1H3,(H,22,23). The van der Waals surface area contributed by atoms with E-state index in [4.69, 9.17) is 5.26 Å². The van der Waals surface area contributed by atoms with Gasteiger partial charge in [-0.1, -0.05) is 30.0 Å². The summed E-state index contributed by atoms with van der Waals surface area (Å²) in [6, 6.07) is 11.0. The summed E-state index contributed by atoms with van der Waals surface area (Å²) in [5, 5.41) is 11.6. The molecule has 1 aromatic carbocycles. The number of halogens is 3. The van der Waals surface area contributed by atoms with Crippen LogP contribution in [0.15, 0.2) is 41.4 Å². The highest BCUT2D eigenvalue weighted by atomic mass is 32.2. The number of benzene rings is 1. The van der Waals surface area contributed by atoms with Gasteiger partial charge in [0.25, 0.3) is 0 Å². The molecule has 0 atom stereocenters. The summed E-state index contributed by atoms with van der Waals surface area (Å²) in [5.74, 6) is -0.552. The van der Waals surface area contributed by atoms with E-state index in [9.17, 15) is 18.0 Å². The van der Waals surface area contributed by atoms with Crippen LogP contribution in [0.1, 0.15) is 16.8 Å². The molecule has 2 aromatic rings. The van der Waals surface area contributed by atoms with E-state index >= 15 is 0 Å². The minimum Gasteiger partial charge on any atom is -0.325 e. The van der Waals surface area contributed by atoms with Crippen LogP contribution in [-0.4, -0.2) is 16.6 Å². The fourth-order valence-corrected chi connectivity index (χ4v) is 2.78. The number of hydrogen-bond donors (Lipinski definition) is 1. The van der Waals surface area contributed by atoms with Crippen LogP contribution >= 0.6 is 11.8 Å². The van der Waals surface area contributed by atoms with Gasteiger partial charge in [-0.15, -0.1) is 0 Å². The first-order valence-corrected chi connectivity index (χ1v) is 7.76. The SMILES string of the molecule is Cc1cc(C(F)(F)F)c(C#N)c(SCC(=O)Nc2ccccc2)n1. The Bertz CT molecular complexity index is 786. The molecule has 0 fully saturated rings. The molecule has 0 aliphatic heterocycles. The van der Waals surface area contributed by atoms with Gasteiger partial charge in [0, 0.05) is 11.4 Å². The van der Waals surface area contributed by atoms with Crippen molar-refractivity contribution in [1.29, 1.82) is 5.26 Å². The number of aromatic nitrogens is 1. The van der Waals surface area contributed by atoms with Gasteiger partial charge in [-0.3, -0.25) is 4.79 Å². The number of amides is 1. The number of carbonyl (C=O) groups excluding carboxylic acids is 1. The summed E-state index contributed by atoms with van der Waals surface area (Å²) >= 11 is 0.798. The maximum absolute atomic E-state index is 13.0. The third kappa shape index (κ3) is 4.49. The molecular weight excluding hydrogens is 339 g/mol. The minimum absolute atomic E-state index is 0.104. The van der Waals surface area contributed by atoms with E-state index < -0.39 is 23.2 Å². The molecule has 0 bridgehead atoms. The lowest BCUT2D eigenvalue weighted by atomic mass is 10.1. The van der Waals surface area contributed by atoms with Gasteiger partial charge in [0.15, 0.2) is 0 Å². The van der Waals surface area contributed by atoms with Gasteiger partial charge in [-0.05, 0) is 25.1 Å². The average Bonchev–Trinajstić information content (AvgIpc) is 2.52. The van der Waals surface area contributed by atoms with Crippen molar-refractivity contribution >= 4 is 23.4 Å². The summed E-state index contributed by atoms with van der Waals surface area (Å²) < 4.78 is 39.0. The van der Waals surface area contributed by atoms with Crippen LogP contribution in [0.3, 0.4) is 0 Å². The molecule has 4 nitrogen and oxygen atoms in total. The first kappa shape index (κ1) is 17.8. The number of nitrogens with one attached hydrogen (secondary N) is 1. The zero-order valence-electron chi connectivity index (χ0n) is 12.5. The van der Waals surface area contributed by atoms with Crippen molar-refractivity contribution in [2.45, 2.75) is 18.1 Å². The van der Waals surface area contributed by atoms with Crippen molar-refractivity contribution in [2.24, 2.45) is 0 Å². The Kier molecular flexibility index (Phi) is 5.46. The second kappa shape index (κ2) is 7.36. The molecular formula is C16H12F3N3OS. The second-order valence-electron chi connectivity index (χ2n) is 4.80. The molecule has 1 N–H and O–H groups in total. The van der Waals surface area contributed by atoms with Crippen molar-refractivity contribution in [2.75, 3.05) is 11.1 Å². The Morgan fingerprint density at radius 1 is 1.33 bits per heavy atom. The van der Waals surface area contributed by atoms with Gasteiger partial charge in [0.2, 0.25) is 5.91 Å². The molecule has 0 unspecified atom stereocenters. The molecule has 2 rings (SSSR count). The number of alkyl halides is 3. The highest BCUT2D eigenvalue weighted by Crippen LogP contribution is 2.35. The van der Waals surface area contributed by atoms with Crippen LogP contribution < -0.4 is 5.32 Å². The highest BCUT2D eigenvalue weighted by Gasteiger charge is 2.35. The van der Waals surface area contributed by atoms with E-state index in [1.54, 1.807) is 30.3 Å². The quantitative estimate of drug-likeness (QED) is 0.845. The predicted molar refractivity (Wildman–Crippen MR) is 84.5 cm³/mol. The van der Waals surface area contributed by atoms with Gasteiger partial charge in [0.05, 0.1) is 16.9 Å². The summed E-state index contributed by atoms with van der Waals surface area (Å²) in [7, 11) is 0. The maximum Gasteiger partial charge on any atom is 0.417 e. The number of rotatable bonds is 4. The van der Waals surface area contributed by atoms with Crippen molar-refractivity contribution in [1.82, 2.24) is 4.98 Å². The van der Waals surface area contributed by atoms with E-state index in [-0.39, 0.29) is 16.5 Å². The molecule has 0 spiro atoms. The summed E-state index contributed by atoms with van der Waals surface area (Å²) in [4.78, 5) is 15.8. The largest absolute Gasteiger partial charge is 0.417 e. The predicted octanol–water partition coefficient (Wildman–Crippen LogP) is 4.01. The topological polar surface area (TPSA) is 65.8 Å². The fourth-order valence-electron chi connectivity index (χ4n) is 1.93. The number of aryl methyl sites for hydroxylation is 1. The fraction of sp³-hybridized carbons (Fsp3) is 0.188. The molecule has 1 aromatic heterocycles. The number of hydrogen-bond acceptors (Lipinski definition) is 4. The first-order chi connectivity index (χ1) is 11.3. The highest BCUT2D eigenvalue weighted by molar-refractivity contribution is 8.00. The molecule has 0 aliphatic rings. The molecule has 1 heterocycles. The Balaban J connectivity index is 2.17. The lowest BCUT2D eigenvalue weighted by molar-refractivity contribution is -0.138. The minimum atomic E-state index is -4.65. The average molecular weight is 351 g/mol. The molecule has 0 radical (unpaired) electrons. The smallest absolute Gasteiger partial charge is 0.325 e. The molecule has 124 valence electrons. The molecule has 0 saturated heterocycles. The van der Waals surface area contributed by atoms with E-state index in [1.807, 2.05) is 0 Å². The number of nitriles is 1. The molecule has 8 heteroatoms. The van der Waals surface area contributed by atoms with Crippen molar-refractivity contribution in [3.8, 4) is 6.07 Å².